The molecule has 0 rings (SSSR count). The molecule has 0 saturated heterocycles. The van der Waals surface area contributed by atoms with Crippen LogP contribution < -0.4 is 0 Å². The van der Waals surface area contributed by atoms with Crippen LogP contribution in [-0.4, -0.2) is 92.8 Å². The second kappa shape index (κ2) is 33.9. The number of phosphoric ester groups is 2. The van der Waals surface area contributed by atoms with Crippen molar-refractivity contribution in [1.29, 1.82) is 0 Å². The monoisotopic (exact) mass is 840 g/mol. The Balaban J connectivity index is 4.84. The standard InChI is InChI=1S/C39H70O15P2/c1-4-6-7-8-9-10-11-12-13-14-18-21-25-36(41)37(42)26-23-28-39(44)54-35(32-53-56(48,49)52-30-34(40)29-51-55(45,46)47)31-50-38(43)27-22-19-16-15-17-20-24-33(3)5-2/h6-7,9-10,12-13,18,21,33-37,40-42H,4-5,8,11,14-17,19-20,22-32H2,1-3H3,(H,48,49)(H2,45,46,47)/b7-6-,10-9-,13-12-,21-18-/t33?,34-,35+,36+,37+/m0/s1. The number of unbranched alkanes of at least 4 members (excludes halogenated alkanes) is 5. The van der Waals surface area contributed by atoms with Gasteiger partial charge in [-0.05, 0) is 57.3 Å². The van der Waals surface area contributed by atoms with Gasteiger partial charge in [-0.25, -0.2) is 9.13 Å². The predicted octanol–water partition coefficient (Wildman–Crippen LogP) is 7.30. The lowest BCUT2D eigenvalue weighted by Crippen LogP contribution is -2.30. The number of carbonyl (C=O) groups is 2. The Hall–Kier alpha value is -2.00. The molecule has 6 atom stereocenters. The molecule has 0 spiro atoms. The maximum absolute atomic E-state index is 12.7. The van der Waals surface area contributed by atoms with Gasteiger partial charge in [0.05, 0.1) is 32.0 Å². The zero-order chi connectivity index (χ0) is 42.1. The molecule has 0 saturated carbocycles. The first-order valence-corrected chi connectivity index (χ1v) is 22.9. The van der Waals surface area contributed by atoms with E-state index in [1.165, 1.54) is 19.3 Å². The lowest BCUT2D eigenvalue weighted by atomic mass is 10.00. The number of rotatable bonds is 36. The summed E-state index contributed by atoms with van der Waals surface area (Å²) in [5, 5.41) is 30.4. The van der Waals surface area contributed by atoms with Gasteiger partial charge in [-0.2, -0.15) is 0 Å². The molecule has 6 N–H and O–H groups in total. The number of aliphatic hydroxyl groups excluding tert-OH is 3. The second-order valence-electron chi connectivity index (χ2n) is 13.7. The van der Waals surface area contributed by atoms with Gasteiger partial charge in [0.25, 0.3) is 0 Å². The summed E-state index contributed by atoms with van der Waals surface area (Å²) in [7, 11) is -9.78. The summed E-state index contributed by atoms with van der Waals surface area (Å²) in [5.74, 6) is -0.600. The van der Waals surface area contributed by atoms with Crippen LogP contribution in [0.2, 0.25) is 0 Å². The molecule has 0 amide bonds. The van der Waals surface area contributed by atoms with Crippen molar-refractivity contribution in [3.63, 3.8) is 0 Å². The first-order chi connectivity index (χ1) is 26.6. The molecule has 0 radical (unpaired) electrons. The molecule has 0 aliphatic rings. The van der Waals surface area contributed by atoms with Crippen molar-refractivity contribution in [1.82, 2.24) is 0 Å². The molecule has 0 aromatic rings. The van der Waals surface area contributed by atoms with Crippen LogP contribution in [-0.2, 0) is 41.8 Å². The maximum atomic E-state index is 12.7. The van der Waals surface area contributed by atoms with E-state index in [-0.39, 0.29) is 32.1 Å². The minimum Gasteiger partial charge on any atom is -0.462 e. The second-order valence-corrected chi connectivity index (χ2v) is 16.4. The molecule has 0 fully saturated rings. The van der Waals surface area contributed by atoms with Crippen molar-refractivity contribution in [2.24, 2.45) is 5.92 Å². The van der Waals surface area contributed by atoms with Gasteiger partial charge in [0.2, 0.25) is 0 Å². The zero-order valence-corrected chi connectivity index (χ0v) is 35.4. The van der Waals surface area contributed by atoms with Gasteiger partial charge in [0, 0.05) is 12.8 Å². The third-order valence-electron chi connectivity index (χ3n) is 8.46. The highest BCUT2D eigenvalue weighted by Crippen LogP contribution is 2.43. The van der Waals surface area contributed by atoms with E-state index in [9.17, 15) is 38.9 Å². The molecule has 0 heterocycles. The lowest BCUT2D eigenvalue weighted by molar-refractivity contribution is -0.161. The minimum absolute atomic E-state index is 0.0888. The third kappa shape index (κ3) is 35.2. The predicted molar refractivity (Wildman–Crippen MR) is 214 cm³/mol. The summed E-state index contributed by atoms with van der Waals surface area (Å²) >= 11 is 0. The van der Waals surface area contributed by atoms with Gasteiger partial charge in [0.15, 0.2) is 6.10 Å². The summed E-state index contributed by atoms with van der Waals surface area (Å²) in [6, 6.07) is 0. The van der Waals surface area contributed by atoms with Crippen molar-refractivity contribution in [2.75, 3.05) is 26.4 Å². The number of allylic oxidation sites excluding steroid dienone is 7. The first kappa shape index (κ1) is 54.0. The fourth-order valence-electron chi connectivity index (χ4n) is 4.94. The van der Waals surface area contributed by atoms with Crippen LogP contribution in [0.4, 0.5) is 0 Å². The number of carbonyl (C=O) groups excluding carboxylic acids is 2. The Kier molecular flexibility index (Phi) is 32.7. The summed E-state index contributed by atoms with van der Waals surface area (Å²) < 4.78 is 47.4. The quantitative estimate of drug-likeness (QED) is 0.0157. The van der Waals surface area contributed by atoms with Gasteiger partial charge < -0.3 is 39.5 Å². The Morgan fingerprint density at radius 2 is 1.14 bits per heavy atom. The van der Waals surface area contributed by atoms with Crippen molar-refractivity contribution in [3.05, 3.63) is 48.6 Å². The van der Waals surface area contributed by atoms with Gasteiger partial charge in [0.1, 0.15) is 12.7 Å². The number of hydrogen-bond acceptors (Lipinski definition) is 12. The third-order valence-corrected chi connectivity index (χ3v) is 9.90. The van der Waals surface area contributed by atoms with Crippen LogP contribution in [0.25, 0.3) is 0 Å². The highest BCUT2D eigenvalue weighted by atomic mass is 31.2. The van der Waals surface area contributed by atoms with E-state index < -0.39 is 78.4 Å². The summed E-state index contributed by atoms with van der Waals surface area (Å²) in [4.78, 5) is 52.5. The Morgan fingerprint density at radius 3 is 1.75 bits per heavy atom. The number of aliphatic hydroxyl groups is 3. The lowest BCUT2D eigenvalue weighted by Gasteiger charge is -2.21. The Labute approximate surface area is 334 Å². The van der Waals surface area contributed by atoms with E-state index in [1.54, 1.807) is 6.08 Å². The highest BCUT2D eigenvalue weighted by Gasteiger charge is 2.28. The summed E-state index contributed by atoms with van der Waals surface area (Å²) in [5.41, 5.74) is 0. The van der Waals surface area contributed by atoms with E-state index >= 15 is 0 Å². The number of hydrogen-bond donors (Lipinski definition) is 6. The molecular formula is C39H70O15P2. The van der Waals surface area contributed by atoms with Crippen molar-refractivity contribution < 1.29 is 71.8 Å². The maximum Gasteiger partial charge on any atom is 0.472 e. The Morgan fingerprint density at radius 1 is 0.607 bits per heavy atom. The van der Waals surface area contributed by atoms with E-state index in [0.717, 1.165) is 50.9 Å². The minimum atomic E-state index is -4.89. The molecule has 2 unspecified atom stereocenters. The normalized spacial score (nSPS) is 16.4. The fraction of sp³-hybridized carbons (Fsp3) is 0.744. The molecule has 326 valence electrons. The van der Waals surface area contributed by atoms with Crippen LogP contribution in [0.1, 0.15) is 130 Å². The average Bonchev–Trinajstić information content (AvgIpc) is 3.15. The highest BCUT2D eigenvalue weighted by molar-refractivity contribution is 7.47. The molecule has 15 nitrogen and oxygen atoms in total. The molecular weight excluding hydrogens is 770 g/mol. The van der Waals surface area contributed by atoms with Crippen molar-refractivity contribution >= 4 is 27.6 Å². The van der Waals surface area contributed by atoms with Crippen LogP contribution >= 0.6 is 15.6 Å². The van der Waals surface area contributed by atoms with E-state index in [2.05, 4.69) is 54.1 Å². The number of esters is 2. The van der Waals surface area contributed by atoms with Crippen LogP contribution in [0, 0.1) is 5.92 Å². The van der Waals surface area contributed by atoms with Gasteiger partial charge in [-0.1, -0.05) is 114 Å². The largest absolute Gasteiger partial charge is 0.472 e. The topological polar surface area (TPSA) is 236 Å². The van der Waals surface area contributed by atoms with Gasteiger partial charge >= 0.3 is 27.6 Å². The van der Waals surface area contributed by atoms with E-state index in [4.69, 9.17) is 23.8 Å². The van der Waals surface area contributed by atoms with Crippen molar-refractivity contribution in [3.8, 4) is 0 Å². The molecule has 0 aliphatic heterocycles. The fourth-order valence-corrected chi connectivity index (χ4v) is 6.09. The number of phosphoric acid groups is 2. The van der Waals surface area contributed by atoms with Crippen LogP contribution in [0.3, 0.4) is 0 Å². The SMILES string of the molecule is CC/C=C\C/C=C\C/C=C\C/C=C\C[C@@H](O)[C@H](O)CCCC(=O)O[C@H](COC(=O)CCCCCCCCC(C)CC)COP(=O)(O)OC[C@@H](O)COP(=O)(O)O. The van der Waals surface area contributed by atoms with Crippen LogP contribution in [0.15, 0.2) is 48.6 Å². The molecule has 0 aromatic heterocycles. The molecule has 0 bridgehead atoms. The van der Waals surface area contributed by atoms with Crippen molar-refractivity contribution in [2.45, 2.75) is 154 Å². The first-order valence-electron chi connectivity index (χ1n) is 19.9. The summed E-state index contributed by atoms with van der Waals surface area (Å²) in [6.45, 7) is 3.51. The molecule has 0 aliphatic carbocycles. The molecule has 56 heavy (non-hydrogen) atoms. The zero-order valence-electron chi connectivity index (χ0n) is 33.6. The van der Waals surface area contributed by atoms with Gasteiger partial charge in [-0.3, -0.25) is 23.2 Å². The molecule has 0 aromatic carbocycles. The number of ether oxygens (including phenoxy) is 2. The Bertz CT molecular complexity index is 1230. The van der Waals surface area contributed by atoms with Gasteiger partial charge in [-0.15, -0.1) is 0 Å². The summed E-state index contributed by atoms with van der Waals surface area (Å²) in [6.07, 6.45) is 23.2. The van der Waals surface area contributed by atoms with E-state index in [0.29, 0.717) is 12.8 Å². The average molecular weight is 841 g/mol. The van der Waals surface area contributed by atoms with Crippen LogP contribution in [0.5, 0.6) is 0 Å². The van der Waals surface area contributed by atoms with E-state index in [1.807, 2.05) is 18.2 Å². The smallest absolute Gasteiger partial charge is 0.462 e. The molecule has 17 heteroatoms.